The van der Waals surface area contributed by atoms with Gasteiger partial charge in [0.2, 0.25) is 0 Å². The summed E-state index contributed by atoms with van der Waals surface area (Å²) in [6.07, 6.45) is 13.4. The summed E-state index contributed by atoms with van der Waals surface area (Å²) in [5.74, 6) is 0. The van der Waals surface area contributed by atoms with Crippen LogP contribution in [0.15, 0.2) is 0 Å². The Morgan fingerprint density at radius 3 is 2.00 bits per heavy atom. The van der Waals surface area contributed by atoms with E-state index in [1.807, 2.05) is 0 Å². The highest BCUT2D eigenvalue weighted by atomic mass is 14.2. The van der Waals surface area contributed by atoms with Gasteiger partial charge in [0.15, 0.2) is 0 Å². The van der Waals surface area contributed by atoms with Crippen molar-refractivity contribution in [3.05, 3.63) is 6.42 Å². The van der Waals surface area contributed by atoms with Gasteiger partial charge in [0.25, 0.3) is 0 Å². The average Bonchev–Trinajstić information content (AvgIpc) is 2.16. The van der Waals surface area contributed by atoms with E-state index >= 15 is 0 Å². The maximum atomic E-state index is 8.26. The average molecular weight is 180 g/mol. The summed E-state index contributed by atoms with van der Waals surface area (Å²) in [6, 6.07) is 2.06. The Hall–Kier alpha value is -0.510. The maximum absolute atomic E-state index is 8.26. The lowest BCUT2D eigenvalue weighted by Crippen LogP contribution is -1.80. The minimum Gasteiger partial charge on any atom is -0.198 e. The minimum absolute atomic E-state index is 0.978. The third-order valence-electron chi connectivity index (χ3n) is 2.29. The highest BCUT2D eigenvalue weighted by Crippen LogP contribution is 2.09. The van der Waals surface area contributed by atoms with Crippen molar-refractivity contribution in [2.75, 3.05) is 0 Å². The fraction of sp³-hybridized carbons (Fsp3) is 0.833. The Labute approximate surface area is 83.1 Å². The standard InChI is InChI=1S/C12H22N/c1-2-3-4-5-6-7-8-9-10-11-12-13/h11H,2-10H2,1H3. The van der Waals surface area contributed by atoms with Crippen LogP contribution in [0.5, 0.6) is 0 Å². The number of hydrogen-bond acceptors (Lipinski definition) is 1. The number of rotatable bonds is 9. The molecule has 1 radical (unpaired) electrons. The molecule has 0 saturated heterocycles. The van der Waals surface area contributed by atoms with Gasteiger partial charge in [-0.2, -0.15) is 5.26 Å². The lowest BCUT2D eigenvalue weighted by molar-refractivity contribution is 0.575. The second kappa shape index (κ2) is 11.5. The van der Waals surface area contributed by atoms with E-state index in [0.717, 1.165) is 6.42 Å². The summed E-state index contributed by atoms with van der Waals surface area (Å²) >= 11 is 0. The molecule has 0 aromatic rings. The molecule has 0 aromatic carbocycles. The topological polar surface area (TPSA) is 23.8 Å². The van der Waals surface area contributed by atoms with Crippen LogP contribution in [0.2, 0.25) is 0 Å². The van der Waals surface area contributed by atoms with Crippen molar-refractivity contribution in [2.45, 2.75) is 64.7 Å². The van der Waals surface area contributed by atoms with Crippen LogP contribution in [-0.2, 0) is 0 Å². The summed E-state index contributed by atoms with van der Waals surface area (Å²) in [4.78, 5) is 0. The van der Waals surface area contributed by atoms with E-state index in [1.54, 1.807) is 6.42 Å². The van der Waals surface area contributed by atoms with Gasteiger partial charge in [-0.1, -0.05) is 58.3 Å². The number of hydrogen-bond donors (Lipinski definition) is 0. The van der Waals surface area contributed by atoms with E-state index in [9.17, 15) is 0 Å². The summed E-state index contributed by atoms with van der Waals surface area (Å²) in [6.45, 7) is 2.25. The fourth-order valence-electron chi connectivity index (χ4n) is 1.44. The molecule has 1 heteroatoms. The van der Waals surface area contributed by atoms with Gasteiger partial charge in [-0.05, 0) is 6.42 Å². The van der Waals surface area contributed by atoms with Gasteiger partial charge in [-0.15, -0.1) is 0 Å². The third kappa shape index (κ3) is 11.5. The van der Waals surface area contributed by atoms with Crippen LogP contribution in [0, 0.1) is 17.8 Å². The van der Waals surface area contributed by atoms with Gasteiger partial charge in [0.05, 0.1) is 12.5 Å². The molecule has 0 atom stereocenters. The molecular weight excluding hydrogens is 158 g/mol. The van der Waals surface area contributed by atoms with E-state index in [2.05, 4.69) is 13.0 Å². The zero-order valence-electron chi connectivity index (χ0n) is 8.89. The van der Waals surface area contributed by atoms with E-state index < -0.39 is 0 Å². The molecule has 0 unspecified atom stereocenters. The molecule has 13 heavy (non-hydrogen) atoms. The van der Waals surface area contributed by atoms with Gasteiger partial charge in [0, 0.05) is 0 Å². The third-order valence-corrected chi connectivity index (χ3v) is 2.29. The summed E-state index contributed by atoms with van der Waals surface area (Å²) in [7, 11) is 0. The van der Waals surface area contributed by atoms with Crippen molar-refractivity contribution in [3.8, 4) is 6.07 Å². The molecule has 0 fully saturated rings. The van der Waals surface area contributed by atoms with Crippen LogP contribution in [0.25, 0.3) is 0 Å². The highest BCUT2D eigenvalue weighted by molar-refractivity contribution is 4.90. The molecule has 0 N–H and O–H groups in total. The second-order valence-corrected chi connectivity index (χ2v) is 3.60. The Morgan fingerprint density at radius 1 is 0.923 bits per heavy atom. The van der Waals surface area contributed by atoms with E-state index in [-0.39, 0.29) is 0 Å². The van der Waals surface area contributed by atoms with Crippen LogP contribution in [0.3, 0.4) is 0 Å². The summed E-state index contributed by atoms with van der Waals surface area (Å²) in [5, 5.41) is 8.26. The quantitative estimate of drug-likeness (QED) is 0.487. The molecule has 0 spiro atoms. The van der Waals surface area contributed by atoms with Crippen molar-refractivity contribution >= 4 is 0 Å². The molecule has 75 valence electrons. The van der Waals surface area contributed by atoms with Crippen LogP contribution >= 0.6 is 0 Å². The van der Waals surface area contributed by atoms with Crippen LogP contribution < -0.4 is 0 Å². The first kappa shape index (κ1) is 12.5. The van der Waals surface area contributed by atoms with Crippen molar-refractivity contribution < 1.29 is 0 Å². The maximum Gasteiger partial charge on any atom is 0.0669 e. The molecule has 0 aliphatic rings. The van der Waals surface area contributed by atoms with Crippen molar-refractivity contribution in [3.63, 3.8) is 0 Å². The Bertz CT molecular complexity index is 124. The molecule has 0 rings (SSSR count). The van der Waals surface area contributed by atoms with Gasteiger partial charge < -0.3 is 0 Å². The smallest absolute Gasteiger partial charge is 0.0669 e. The van der Waals surface area contributed by atoms with E-state index in [0.29, 0.717) is 0 Å². The van der Waals surface area contributed by atoms with Crippen molar-refractivity contribution in [2.24, 2.45) is 0 Å². The highest BCUT2D eigenvalue weighted by Gasteiger charge is 1.91. The van der Waals surface area contributed by atoms with Gasteiger partial charge in [0.1, 0.15) is 0 Å². The first-order chi connectivity index (χ1) is 6.41. The first-order valence-electron chi connectivity index (χ1n) is 5.63. The molecule has 0 aliphatic carbocycles. The van der Waals surface area contributed by atoms with Crippen LogP contribution in [0.4, 0.5) is 0 Å². The zero-order valence-corrected chi connectivity index (χ0v) is 8.89. The molecule has 0 aliphatic heterocycles. The largest absolute Gasteiger partial charge is 0.198 e. The van der Waals surface area contributed by atoms with E-state index in [1.165, 1.54) is 51.4 Å². The molecular formula is C12H22N. The normalized spacial score (nSPS) is 9.85. The first-order valence-corrected chi connectivity index (χ1v) is 5.63. The fourth-order valence-corrected chi connectivity index (χ4v) is 1.44. The van der Waals surface area contributed by atoms with Crippen molar-refractivity contribution in [1.29, 1.82) is 5.26 Å². The lowest BCUT2D eigenvalue weighted by atomic mass is 10.1. The molecule has 0 bridgehead atoms. The Balaban J connectivity index is 2.80. The van der Waals surface area contributed by atoms with Crippen LogP contribution in [0.1, 0.15) is 64.7 Å². The summed E-state index contributed by atoms with van der Waals surface area (Å²) < 4.78 is 0. The SMILES string of the molecule is CCCCCCCCCC[CH]C#N. The van der Waals surface area contributed by atoms with Gasteiger partial charge in [-0.3, -0.25) is 0 Å². The number of nitriles is 1. The van der Waals surface area contributed by atoms with Crippen molar-refractivity contribution in [1.82, 2.24) is 0 Å². The minimum atomic E-state index is 0.978. The molecule has 0 heterocycles. The predicted molar refractivity (Wildman–Crippen MR) is 57.1 cm³/mol. The monoisotopic (exact) mass is 180 g/mol. The zero-order chi connectivity index (χ0) is 9.78. The molecule has 0 amide bonds. The molecule has 0 saturated carbocycles. The second-order valence-electron chi connectivity index (χ2n) is 3.60. The van der Waals surface area contributed by atoms with Gasteiger partial charge in [-0.25, -0.2) is 0 Å². The predicted octanol–water partition coefficient (Wildman–Crippen LogP) is 4.25. The summed E-state index contributed by atoms with van der Waals surface area (Å²) in [5.41, 5.74) is 0. The lowest BCUT2D eigenvalue weighted by Gasteiger charge is -1.99. The number of nitrogens with zero attached hydrogens (tertiary/aromatic N) is 1. The Morgan fingerprint density at radius 2 is 1.46 bits per heavy atom. The molecule has 0 aromatic heterocycles. The van der Waals surface area contributed by atoms with E-state index in [4.69, 9.17) is 5.26 Å². The van der Waals surface area contributed by atoms with Gasteiger partial charge >= 0.3 is 0 Å². The number of unbranched alkanes of at least 4 members (excludes halogenated alkanes) is 9. The van der Waals surface area contributed by atoms with Crippen LogP contribution in [-0.4, -0.2) is 0 Å². The Kier molecular flexibility index (Phi) is 11.0. The molecule has 1 nitrogen and oxygen atoms in total.